The van der Waals surface area contributed by atoms with Gasteiger partial charge in [-0.2, -0.15) is 0 Å². The Morgan fingerprint density at radius 3 is 2.70 bits per heavy atom. The minimum Gasteiger partial charge on any atom is -0.458 e. The van der Waals surface area contributed by atoms with Gasteiger partial charge in [0.25, 0.3) is 0 Å². The van der Waals surface area contributed by atoms with Crippen LogP contribution in [0.25, 0.3) is 0 Å². The Balaban J connectivity index is 1.40. The molecule has 1 spiro atoms. The highest BCUT2D eigenvalue weighted by molar-refractivity contribution is 5.82. The number of aliphatic hydroxyl groups excluding tert-OH is 1. The molecule has 0 aromatic rings. The molecule has 0 aromatic heterocycles. The fourth-order valence-electron chi connectivity index (χ4n) is 8.84. The molecule has 6 unspecified atom stereocenters. The molecule has 5 fully saturated rings. The Labute approximate surface area is 160 Å². The van der Waals surface area contributed by atoms with Crippen LogP contribution in [0.4, 0.5) is 0 Å². The van der Waals surface area contributed by atoms with Gasteiger partial charge in [-0.15, -0.1) is 0 Å². The van der Waals surface area contributed by atoms with Crippen LogP contribution in [-0.4, -0.2) is 29.1 Å². The van der Waals surface area contributed by atoms with E-state index in [1.54, 1.807) is 0 Å². The number of rotatable bonds is 1. The Hall–Kier alpha value is -1.16. The standard InChI is InChI=1S/C23H30O4/c1-22-6-4-15-14-3-2-13(25)9-16(14)12(11-24)8-17(15)21(22)18-10-19(18)23(22)7-5-20(26)27-23/h14-15,17-19,21,24H,2-11H2,1H3/t14?,15?,17?,18?,19?,21?,22-,23-/m0/s1. The van der Waals surface area contributed by atoms with E-state index in [1.165, 1.54) is 24.0 Å². The van der Waals surface area contributed by atoms with E-state index in [4.69, 9.17) is 4.74 Å². The summed E-state index contributed by atoms with van der Waals surface area (Å²) in [5.41, 5.74) is 2.37. The van der Waals surface area contributed by atoms with Gasteiger partial charge in [0.2, 0.25) is 0 Å². The van der Waals surface area contributed by atoms with E-state index >= 15 is 0 Å². The molecule has 27 heavy (non-hydrogen) atoms. The Morgan fingerprint density at radius 2 is 1.96 bits per heavy atom. The lowest BCUT2D eigenvalue weighted by atomic mass is 9.48. The first-order chi connectivity index (χ1) is 13.0. The highest BCUT2D eigenvalue weighted by Crippen LogP contribution is 2.78. The van der Waals surface area contributed by atoms with Crippen LogP contribution in [0.3, 0.4) is 0 Å². The second-order valence-corrected chi connectivity index (χ2v) is 10.5. The molecule has 4 saturated carbocycles. The van der Waals surface area contributed by atoms with Gasteiger partial charge in [-0.3, -0.25) is 9.59 Å². The van der Waals surface area contributed by atoms with Crippen molar-refractivity contribution in [1.29, 1.82) is 0 Å². The number of carbonyl (C=O) groups excluding carboxylic acids is 2. The first-order valence-corrected chi connectivity index (χ1v) is 11.0. The van der Waals surface area contributed by atoms with Gasteiger partial charge in [-0.05, 0) is 73.7 Å². The number of ketones is 1. The minimum absolute atomic E-state index is 0.0114. The van der Waals surface area contributed by atoms with E-state index in [-0.39, 0.29) is 23.6 Å². The predicted molar refractivity (Wildman–Crippen MR) is 98.5 cm³/mol. The van der Waals surface area contributed by atoms with Crippen molar-refractivity contribution in [2.45, 2.75) is 70.3 Å². The van der Waals surface area contributed by atoms with Crippen LogP contribution < -0.4 is 0 Å². The fourth-order valence-corrected chi connectivity index (χ4v) is 8.84. The molecule has 8 atom stereocenters. The highest BCUT2D eigenvalue weighted by atomic mass is 16.6. The summed E-state index contributed by atoms with van der Waals surface area (Å²) >= 11 is 0. The smallest absolute Gasteiger partial charge is 0.306 e. The summed E-state index contributed by atoms with van der Waals surface area (Å²) in [5, 5.41) is 10.1. The number of fused-ring (bicyclic) bond motifs is 9. The molecule has 0 amide bonds. The molecule has 1 aliphatic heterocycles. The zero-order chi connectivity index (χ0) is 18.6. The maximum Gasteiger partial charge on any atom is 0.306 e. The Bertz CT molecular complexity index is 768. The van der Waals surface area contributed by atoms with Crippen LogP contribution in [0.1, 0.15) is 64.7 Å². The van der Waals surface area contributed by atoms with E-state index < -0.39 is 0 Å². The third kappa shape index (κ3) is 1.93. The zero-order valence-corrected chi connectivity index (χ0v) is 16.2. The molecule has 1 N–H and O–H groups in total. The number of ether oxygens (including phenoxy) is 1. The lowest BCUT2D eigenvalue weighted by Gasteiger charge is -2.57. The number of aliphatic hydroxyl groups is 1. The van der Waals surface area contributed by atoms with Crippen LogP contribution in [0.2, 0.25) is 0 Å². The van der Waals surface area contributed by atoms with Crippen molar-refractivity contribution in [2.75, 3.05) is 6.61 Å². The molecule has 146 valence electrons. The lowest BCUT2D eigenvalue weighted by Crippen LogP contribution is -2.55. The molecule has 4 heteroatoms. The van der Waals surface area contributed by atoms with E-state index in [2.05, 4.69) is 6.92 Å². The number of carbonyl (C=O) groups is 2. The minimum atomic E-state index is -0.198. The van der Waals surface area contributed by atoms with Gasteiger partial charge < -0.3 is 9.84 Å². The number of esters is 1. The Morgan fingerprint density at radius 1 is 1.11 bits per heavy atom. The topological polar surface area (TPSA) is 63.6 Å². The van der Waals surface area contributed by atoms with Crippen LogP contribution in [0, 0.1) is 40.9 Å². The summed E-state index contributed by atoms with van der Waals surface area (Å²) in [6.45, 7) is 2.53. The summed E-state index contributed by atoms with van der Waals surface area (Å²) in [7, 11) is 0. The quantitative estimate of drug-likeness (QED) is 0.567. The number of hydrogen-bond acceptors (Lipinski definition) is 4. The predicted octanol–water partition coefficient (Wildman–Crippen LogP) is 3.42. The Kier molecular flexibility index (Phi) is 3.26. The van der Waals surface area contributed by atoms with Crippen LogP contribution in [0.15, 0.2) is 11.1 Å². The molecular formula is C23H30O4. The second kappa shape index (κ2) is 5.25. The average molecular weight is 370 g/mol. The largest absolute Gasteiger partial charge is 0.458 e. The van der Waals surface area contributed by atoms with Crippen LogP contribution in [0.5, 0.6) is 0 Å². The van der Waals surface area contributed by atoms with Gasteiger partial charge in [0.1, 0.15) is 11.4 Å². The molecule has 4 nitrogen and oxygen atoms in total. The van der Waals surface area contributed by atoms with Crippen molar-refractivity contribution in [3.8, 4) is 0 Å². The van der Waals surface area contributed by atoms with E-state index in [1.807, 2.05) is 0 Å². The molecule has 5 aliphatic carbocycles. The molecule has 0 aromatic carbocycles. The number of Topliss-reactive ketones (excluding diaryl/α,β-unsaturated/α-hetero) is 1. The summed E-state index contributed by atoms with van der Waals surface area (Å²) < 4.78 is 6.14. The summed E-state index contributed by atoms with van der Waals surface area (Å²) in [6, 6.07) is 0. The third-order valence-electron chi connectivity index (χ3n) is 9.82. The van der Waals surface area contributed by atoms with Gasteiger partial charge in [0, 0.05) is 30.6 Å². The SMILES string of the molecule is C[C@]12CCC3C4CCC(=O)CC4=C(CO)CC3C1C1CC1[C@@]21CCC(=O)O1. The van der Waals surface area contributed by atoms with Crippen molar-refractivity contribution in [3.05, 3.63) is 11.1 Å². The van der Waals surface area contributed by atoms with Gasteiger partial charge in [0.05, 0.1) is 6.61 Å². The maximum atomic E-state index is 12.1. The van der Waals surface area contributed by atoms with Crippen molar-refractivity contribution in [1.82, 2.24) is 0 Å². The third-order valence-corrected chi connectivity index (χ3v) is 9.82. The average Bonchev–Trinajstić information content (AvgIpc) is 3.29. The molecule has 1 heterocycles. The van der Waals surface area contributed by atoms with Gasteiger partial charge in [-0.25, -0.2) is 0 Å². The van der Waals surface area contributed by atoms with E-state index in [0.717, 1.165) is 25.7 Å². The number of hydrogen-bond donors (Lipinski definition) is 1. The van der Waals surface area contributed by atoms with Gasteiger partial charge in [0.15, 0.2) is 0 Å². The highest BCUT2D eigenvalue weighted by Gasteiger charge is 2.78. The molecule has 6 rings (SSSR count). The van der Waals surface area contributed by atoms with Crippen molar-refractivity contribution in [2.24, 2.45) is 40.9 Å². The van der Waals surface area contributed by atoms with Crippen LogP contribution >= 0.6 is 0 Å². The molecule has 0 radical (unpaired) electrons. The first kappa shape index (κ1) is 16.8. The lowest BCUT2D eigenvalue weighted by molar-refractivity contribution is -0.173. The van der Waals surface area contributed by atoms with Crippen molar-refractivity contribution in [3.63, 3.8) is 0 Å². The van der Waals surface area contributed by atoms with Gasteiger partial charge in [-0.1, -0.05) is 12.5 Å². The summed E-state index contributed by atoms with van der Waals surface area (Å²) in [4.78, 5) is 24.2. The maximum absolute atomic E-state index is 12.1. The molecule has 1 saturated heterocycles. The van der Waals surface area contributed by atoms with E-state index in [9.17, 15) is 14.7 Å². The molecular weight excluding hydrogens is 340 g/mol. The first-order valence-electron chi connectivity index (χ1n) is 11.0. The van der Waals surface area contributed by atoms with Crippen molar-refractivity contribution < 1.29 is 19.4 Å². The van der Waals surface area contributed by atoms with Crippen molar-refractivity contribution >= 4 is 11.8 Å². The normalized spacial score (nSPS) is 53.0. The zero-order valence-electron chi connectivity index (χ0n) is 16.2. The summed E-state index contributed by atoms with van der Waals surface area (Å²) in [6.07, 6.45) is 8.34. The van der Waals surface area contributed by atoms with Gasteiger partial charge >= 0.3 is 5.97 Å². The molecule has 6 aliphatic rings. The second-order valence-electron chi connectivity index (χ2n) is 10.5. The summed E-state index contributed by atoms with van der Waals surface area (Å²) in [5.74, 6) is 4.04. The fraction of sp³-hybridized carbons (Fsp3) is 0.826. The molecule has 0 bridgehead atoms. The van der Waals surface area contributed by atoms with Crippen LogP contribution in [-0.2, 0) is 14.3 Å². The van der Waals surface area contributed by atoms with E-state index in [0.29, 0.717) is 60.6 Å². The monoisotopic (exact) mass is 370 g/mol. The number of allylic oxidation sites excluding steroid dienone is 1.